The summed E-state index contributed by atoms with van der Waals surface area (Å²) in [6.45, 7) is 8.12. The molecule has 6 heteroatoms. The van der Waals surface area contributed by atoms with Crippen molar-refractivity contribution in [3.05, 3.63) is 75.2 Å². The minimum absolute atomic E-state index is 0.130. The van der Waals surface area contributed by atoms with Gasteiger partial charge in [-0.25, -0.2) is 4.98 Å². The number of piperidine rings is 1. The molecule has 1 aliphatic heterocycles. The number of carbonyl (C=O) groups excluding carboxylic acids is 1. The lowest BCUT2D eigenvalue weighted by Gasteiger charge is -2.32. The normalized spacial score (nSPS) is 14.4. The van der Waals surface area contributed by atoms with Gasteiger partial charge in [0, 0.05) is 31.3 Å². The third-order valence-electron chi connectivity index (χ3n) is 5.89. The fourth-order valence-electron chi connectivity index (χ4n) is 3.75. The number of hydrogen-bond acceptors (Lipinski definition) is 5. The van der Waals surface area contributed by atoms with Gasteiger partial charge in [0.05, 0.1) is 12.1 Å². The molecule has 3 aromatic rings. The average molecular weight is 451 g/mol. The van der Waals surface area contributed by atoms with Gasteiger partial charge >= 0.3 is 0 Å². The maximum Gasteiger partial charge on any atom is 0.228 e. The number of rotatable bonds is 7. The molecule has 0 spiro atoms. The van der Waals surface area contributed by atoms with E-state index < -0.39 is 0 Å². The van der Waals surface area contributed by atoms with Crippen LogP contribution < -0.4 is 9.47 Å². The predicted octanol–water partition coefficient (Wildman–Crippen LogP) is 5.26. The Kier molecular flexibility index (Phi) is 7.10. The van der Waals surface area contributed by atoms with Crippen molar-refractivity contribution < 1.29 is 14.3 Å². The maximum absolute atomic E-state index is 12.8. The fourth-order valence-corrected chi connectivity index (χ4v) is 4.45. The van der Waals surface area contributed by atoms with E-state index in [-0.39, 0.29) is 12.0 Å². The first-order valence-corrected chi connectivity index (χ1v) is 12.0. The van der Waals surface area contributed by atoms with Crippen LogP contribution in [0.5, 0.6) is 11.5 Å². The number of likely N-dealkylation sites (tertiary alicyclic amines) is 1. The number of aromatic nitrogens is 1. The number of aryl methyl sites for hydroxylation is 3. The van der Waals surface area contributed by atoms with Gasteiger partial charge in [0.15, 0.2) is 0 Å². The van der Waals surface area contributed by atoms with Crippen LogP contribution in [0.1, 0.15) is 40.2 Å². The summed E-state index contributed by atoms with van der Waals surface area (Å²) >= 11 is 1.54. The number of benzene rings is 2. The van der Waals surface area contributed by atoms with E-state index >= 15 is 0 Å². The van der Waals surface area contributed by atoms with Crippen molar-refractivity contribution in [1.82, 2.24) is 9.88 Å². The molecular formula is C26H30N2O3S. The van der Waals surface area contributed by atoms with Crippen molar-refractivity contribution in [2.75, 3.05) is 13.1 Å². The fraction of sp³-hybridized carbons (Fsp3) is 0.385. The van der Waals surface area contributed by atoms with E-state index in [1.807, 2.05) is 47.5 Å². The van der Waals surface area contributed by atoms with E-state index in [0.717, 1.165) is 48.1 Å². The Bertz CT molecular complexity index is 1050. The lowest BCUT2D eigenvalue weighted by molar-refractivity contribution is -0.132. The van der Waals surface area contributed by atoms with Gasteiger partial charge in [-0.1, -0.05) is 23.8 Å². The minimum atomic E-state index is 0.130. The molecule has 32 heavy (non-hydrogen) atoms. The van der Waals surface area contributed by atoms with Gasteiger partial charge in [0.25, 0.3) is 0 Å². The van der Waals surface area contributed by atoms with E-state index in [4.69, 9.17) is 9.47 Å². The Morgan fingerprint density at radius 3 is 2.47 bits per heavy atom. The van der Waals surface area contributed by atoms with Crippen LogP contribution in [0.15, 0.2) is 47.8 Å². The van der Waals surface area contributed by atoms with Crippen LogP contribution >= 0.6 is 11.3 Å². The molecule has 0 N–H and O–H groups in total. The molecule has 0 unspecified atom stereocenters. The summed E-state index contributed by atoms with van der Waals surface area (Å²) in [6, 6.07) is 14.2. The van der Waals surface area contributed by atoms with Gasteiger partial charge in [-0.05, 0) is 56.2 Å². The molecule has 0 atom stereocenters. The summed E-state index contributed by atoms with van der Waals surface area (Å²) in [7, 11) is 0. The van der Waals surface area contributed by atoms with Crippen molar-refractivity contribution in [3.8, 4) is 11.5 Å². The van der Waals surface area contributed by atoms with Gasteiger partial charge < -0.3 is 14.4 Å². The zero-order chi connectivity index (χ0) is 22.5. The van der Waals surface area contributed by atoms with Gasteiger partial charge in [-0.15, -0.1) is 11.3 Å². The standard InChI is InChI=1S/C26H30N2O3S/c1-18-4-7-22(8-5-18)30-16-25-27-21(17-32-25)15-26(29)28-12-10-23(11-13-28)31-24-9-6-19(2)20(3)14-24/h4-9,14,17,23H,10-13,15-16H2,1-3H3. The molecule has 0 radical (unpaired) electrons. The van der Waals surface area contributed by atoms with Crippen LogP contribution in [0, 0.1) is 20.8 Å². The maximum atomic E-state index is 12.8. The van der Waals surface area contributed by atoms with E-state index in [9.17, 15) is 4.79 Å². The Labute approximate surface area is 194 Å². The summed E-state index contributed by atoms with van der Waals surface area (Å²) in [5, 5.41) is 2.84. The van der Waals surface area contributed by atoms with Crippen molar-refractivity contribution in [1.29, 1.82) is 0 Å². The summed E-state index contributed by atoms with van der Waals surface area (Å²) in [6.07, 6.45) is 2.20. The molecule has 168 valence electrons. The molecule has 1 amide bonds. The van der Waals surface area contributed by atoms with Crippen LogP contribution in [0.4, 0.5) is 0 Å². The van der Waals surface area contributed by atoms with Crippen molar-refractivity contribution in [3.63, 3.8) is 0 Å². The number of nitrogens with zero attached hydrogens (tertiary/aromatic N) is 2. The highest BCUT2D eigenvalue weighted by Gasteiger charge is 2.24. The predicted molar refractivity (Wildman–Crippen MR) is 127 cm³/mol. The molecule has 1 fully saturated rings. The molecular weight excluding hydrogens is 420 g/mol. The van der Waals surface area contributed by atoms with E-state index in [0.29, 0.717) is 13.0 Å². The van der Waals surface area contributed by atoms with Crippen LogP contribution in [0.25, 0.3) is 0 Å². The second-order valence-electron chi connectivity index (χ2n) is 8.46. The van der Waals surface area contributed by atoms with Crippen LogP contribution in [0.2, 0.25) is 0 Å². The molecule has 4 rings (SSSR count). The highest BCUT2D eigenvalue weighted by molar-refractivity contribution is 7.09. The molecule has 0 bridgehead atoms. The smallest absolute Gasteiger partial charge is 0.228 e. The highest BCUT2D eigenvalue weighted by atomic mass is 32.1. The highest BCUT2D eigenvalue weighted by Crippen LogP contribution is 2.22. The first-order chi connectivity index (χ1) is 15.5. The second-order valence-corrected chi connectivity index (χ2v) is 9.40. The second kappa shape index (κ2) is 10.2. The van der Waals surface area contributed by atoms with Gasteiger partial charge in [-0.2, -0.15) is 0 Å². The number of thiazole rings is 1. The SMILES string of the molecule is Cc1ccc(OCc2nc(CC(=O)N3CCC(Oc4ccc(C)c(C)c4)CC3)cs2)cc1. The number of ether oxygens (including phenoxy) is 2. The third kappa shape index (κ3) is 5.88. The van der Waals surface area contributed by atoms with E-state index in [1.54, 1.807) is 0 Å². The Balaban J connectivity index is 1.22. The monoisotopic (exact) mass is 450 g/mol. The lowest BCUT2D eigenvalue weighted by Crippen LogP contribution is -2.42. The topological polar surface area (TPSA) is 51.7 Å². The molecule has 1 aliphatic rings. The van der Waals surface area contributed by atoms with E-state index in [1.165, 1.54) is 28.0 Å². The Hall–Kier alpha value is -2.86. The van der Waals surface area contributed by atoms with Crippen molar-refractivity contribution in [2.24, 2.45) is 0 Å². The molecule has 1 saturated heterocycles. The molecule has 2 aromatic carbocycles. The Morgan fingerprint density at radius 2 is 1.75 bits per heavy atom. The summed E-state index contributed by atoms with van der Waals surface area (Å²) < 4.78 is 11.9. The third-order valence-corrected chi connectivity index (χ3v) is 6.76. The summed E-state index contributed by atoms with van der Waals surface area (Å²) in [5.74, 6) is 1.88. The average Bonchev–Trinajstić information content (AvgIpc) is 3.23. The van der Waals surface area contributed by atoms with Crippen molar-refractivity contribution >= 4 is 17.2 Å². The minimum Gasteiger partial charge on any atom is -0.490 e. The zero-order valence-electron chi connectivity index (χ0n) is 19.0. The molecule has 2 heterocycles. The molecule has 0 saturated carbocycles. The number of hydrogen-bond donors (Lipinski definition) is 0. The zero-order valence-corrected chi connectivity index (χ0v) is 19.8. The Morgan fingerprint density at radius 1 is 1.03 bits per heavy atom. The summed E-state index contributed by atoms with van der Waals surface area (Å²) in [5.41, 5.74) is 4.52. The van der Waals surface area contributed by atoms with Gasteiger partial charge in [0.2, 0.25) is 5.91 Å². The summed E-state index contributed by atoms with van der Waals surface area (Å²) in [4.78, 5) is 19.3. The molecule has 0 aliphatic carbocycles. The van der Waals surface area contributed by atoms with Crippen molar-refractivity contribution in [2.45, 2.75) is 52.7 Å². The lowest BCUT2D eigenvalue weighted by atomic mass is 10.1. The largest absolute Gasteiger partial charge is 0.490 e. The quantitative estimate of drug-likeness (QED) is 0.493. The van der Waals surface area contributed by atoms with Crippen LogP contribution in [-0.4, -0.2) is 35.0 Å². The number of carbonyl (C=O) groups is 1. The van der Waals surface area contributed by atoms with E-state index in [2.05, 4.69) is 31.0 Å². The molecule has 5 nitrogen and oxygen atoms in total. The molecule has 1 aromatic heterocycles. The van der Waals surface area contributed by atoms with Gasteiger partial charge in [-0.3, -0.25) is 4.79 Å². The first-order valence-electron chi connectivity index (χ1n) is 11.1. The number of amides is 1. The van der Waals surface area contributed by atoms with Crippen LogP contribution in [0.3, 0.4) is 0 Å². The van der Waals surface area contributed by atoms with Gasteiger partial charge in [0.1, 0.15) is 29.2 Å². The van der Waals surface area contributed by atoms with Crippen LogP contribution in [-0.2, 0) is 17.8 Å². The first kappa shape index (κ1) is 22.3.